The molecule has 0 unspecified atom stereocenters. The third-order valence-corrected chi connectivity index (χ3v) is 6.65. The fourth-order valence-corrected chi connectivity index (χ4v) is 4.75. The van der Waals surface area contributed by atoms with E-state index in [9.17, 15) is 0 Å². The molecular formula is C25H30N2OS. The van der Waals surface area contributed by atoms with Crippen LogP contribution in [0.3, 0.4) is 0 Å². The van der Waals surface area contributed by atoms with E-state index in [1.54, 1.807) is 0 Å². The van der Waals surface area contributed by atoms with Gasteiger partial charge in [-0.1, -0.05) is 36.4 Å². The predicted molar refractivity (Wildman–Crippen MR) is 123 cm³/mol. The van der Waals surface area contributed by atoms with Gasteiger partial charge in [0.2, 0.25) is 0 Å². The molecule has 0 saturated carbocycles. The van der Waals surface area contributed by atoms with Gasteiger partial charge in [0.1, 0.15) is 12.4 Å². The molecule has 2 heterocycles. The van der Waals surface area contributed by atoms with Crippen molar-refractivity contribution in [2.45, 2.75) is 18.2 Å². The Hall–Kier alpha value is -2.17. The van der Waals surface area contributed by atoms with Crippen LogP contribution in [0.4, 0.5) is 0 Å². The standard InChI is InChI=1S/C25H30N2OS/c1-21(18-22-19-23-8-5-6-11-25(23)28-20-22)27-15-13-26(14-16-27)12-7-17-29-24-9-3-2-4-10-24/h2-6,8-11,18-19H,7,12-17,20H2,1H3. The first-order chi connectivity index (χ1) is 14.3. The van der Waals surface area contributed by atoms with E-state index in [1.165, 1.54) is 40.4 Å². The normalized spacial score (nSPS) is 17.5. The lowest BCUT2D eigenvalue weighted by Gasteiger charge is -2.36. The number of hydrogen-bond acceptors (Lipinski definition) is 4. The maximum Gasteiger partial charge on any atom is 0.127 e. The molecule has 0 aromatic heterocycles. The van der Waals surface area contributed by atoms with Gasteiger partial charge in [-0.2, -0.15) is 0 Å². The average molecular weight is 407 g/mol. The molecule has 4 heteroatoms. The summed E-state index contributed by atoms with van der Waals surface area (Å²) in [6.07, 6.45) is 5.79. The van der Waals surface area contributed by atoms with Crippen molar-refractivity contribution >= 4 is 17.8 Å². The van der Waals surface area contributed by atoms with Crippen molar-refractivity contribution in [3.8, 4) is 5.75 Å². The van der Waals surface area contributed by atoms with Gasteiger partial charge in [-0.3, -0.25) is 4.90 Å². The van der Waals surface area contributed by atoms with Gasteiger partial charge in [0, 0.05) is 42.3 Å². The number of piperazine rings is 1. The Balaban J connectivity index is 1.21. The molecule has 2 aliphatic rings. The number of thioether (sulfide) groups is 1. The Morgan fingerprint density at radius 2 is 1.76 bits per heavy atom. The highest BCUT2D eigenvalue weighted by molar-refractivity contribution is 7.99. The zero-order chi connectivity index (χ0) is 19.9. The number of benzene rings is 2. The number of fused-ring (bicyclic) bond motifs is 1. The van der Waals surface area contributed by atoms with E-state index in [4.69, 9.17) is 4.74 Å². The van der Waals surface area contributed by atoms with Crippen LogP contribution in [0.25, 0.3) is 6.08 Å². The molecule has 152 valence electrons. The lowest BCUT2D eigenvalue weighted by Crippen LogP contribution is -2.45. The second-order valence-electron chi connectivity index (χ2n) is 7.68. The highest BCUT2D eigenvalue weighted by Gasteiger charge is 2.17. The summed E-state index contributed by atoms with van der Waals surface area (Å²) in [4.78, 5) is 6.49. The summed E-state index contributed by atoms with van der Waals surface area (Å²) in [6.45, 7) is 8.62. The van der Waals surface area contributed by atoms with Crippen LogP contribution < -0.4 is 4.74 Å². The van der Waals surface area contributed by atoms with Crippen LogP contribution in [0.15, 0.2) is 76.8 Å². The Bertz CT molecular complexity index is 854. The largest absolute Gasteiger partial charge is 0.488 e. The molecule has 0 N–H and O–H groups in total. The zero-order valence-corrected chi connectivity index (χ0v) is 18.0. The SMILES string of the molecule is CC(=CC1=Cc2ccccc2OC1)N1CCN(CCCSc2ccccc2)CC1. The minimum atomic E-state index is 0.660. The summed E-state index contributed by atoms with van der Waals surface area (Å²) < 4.78 is 5.89. The lowest BCUT2D eigenvalue weighted by molar-refractivity contribution is 0.159. The minimum absolute atomic E-state index is 0.660. The molecule has 0 radical (unpaired) electrons. The van der Waals surface area contributed by atoms with Crippen molar-refractivity contribution in [2.75, 3.05) is 45.1 Å². The van der Waals surface area contributed by atoms with Gasteiger partial charge in [-0.15, -0.1) is 11.8 Å². The van der Waals surface area contributed by atoms with Crippen LogP contribution in [0.5, 0.6) is 5.75 Å². The van der Waals surface area contributed by atoms with Crippen LogP contribution in [0.1, 0.15) is 18.9 Å². The Morgan fingerprint density at radius 1 is 1.00 bits per heavy atom. The molecule has 1 saturated heterocycles. The van der Waals surface area contributed by atoms with Gasteiger partial charge >= 0.3 is 0 Å². The fraction of sp³-hybridized carbons (Fsp3) is 0.360. The third-order valence-electron chi connectivity index (χ3n) is 5.55. The maximum atomic E-state index is 5.89. The summed E-state index contributed by atoms with van der Waals surface area (Å²) in [6, 6.07) is 19.0. The molecule has 1 fully saturated rings. The van der Waals surface area contributed by atoms with E-state index >= 15 is 0 Å². The van der Waals surface area contributed by atoms with Crippen LogP contribution in [0.2, 0.25) is 0 Å². The minimum Gasteiger partial charge on any atom is -0.488 e. The topological polar surface area (TPSA) is 15.7 Å². The van der Waals surface area contributed by atoms with Crippen molar-refractivity contribution in [3.05, 3.63) is 77.5 Å². The van der Waals surface area contributed by atoms with Crippen molar-refractivity contribution in [3.63, 3.8) is 0 Å². The highest BCUT2D eigenvalue weighted by Crippen LogP contribution is 2.27. The summed E-state index contributed by atoms with van der Waals surface area (Å²) in [5.41, 5.74) is 3.77. The number of hydrogen-bond donors (Lipinski definition) is 0. The molecule has 4 rings (SSSR count). The van der Waals surface area contributed by atoms with Gasteiger partial charge in [0.25, 0.3) is 0 Å². The van der Waals surface area contributed by atoms with Crippen molar-refractivity contribution in [1.29, 1.82) is 0 Å². The van der Waals surface area contributed by atoms with E-state index in [0.717, 1.165) is 31.9 Å². The monoisotopic (exact) mass is 406 g/mol. The number of allylic oxidation sites excluding steroid dienone is 1. The van der Waals surface area contributed by atoms with E-state index in [1.807, 2.05) is 23.9 Å². The average Bonchev–Trinajstić information content (AvgIpc) is 2.78. The number of nitrogens with zero attached hydrogens (tertiary/aromatic N) is 2. The fourth-order valence-electron chi connectivity index (χ4n) is 3.90. The molecule has 0 bridgehead atoms. The van der Waals surface area contributed by atoms with Gasteiger partial charge in [0.15, 0.2) is 0 Å². The molecular weight excluding hydrogens is 376 g/mol. The first-order valence-corrected chi connectivity index (χ1v) is 11.5. The zero-order valence-electron chi connectivity index (χ0n) is 17.2. The lowest BCUT2D eigenvalue weighted by atomic mass is 10.1. The van der Waals surface area contributed by atoms with Crippen molar-refractivity contribution in [2.24, 2.45) is 0 Å². The molecule has 0 spiro atoms. The van der Waals surface area contributed by atoms with Crippen molar-refractivity contribution in [1.82, 2.24) is 9.80 Å². The van der Waals surface area contributed by atoms with E-state index < -0.39 is 0 Å². The summed E-state index contributed by atoms with van der Waals surface area (Å²) >= 11 is 1.96. The molecule has 2 aliphatic heterocycles. The second-order valence-corrected chi connectivity index (χ2v) is 8.84. The van der Waals surface area contributed by atoms with E-state index in [2.05, 4.69) is 71.3 Å². The van der Waals surface area contributed by atoms with Gasteiger partial charge in [-0.05, 0) is 61.6 Å². The molecule has 2 aromatic rings. The second kappa shape index (κ2) is 10.0. The molecule has 0 amide bonds. The van der Waals surface area contributed by atoms with Crippen LogP contribution in [0, 0.1) is 0 Å². The molecule has 0 aliphatic carbocycles. The first-order valence-electron chi connectivity index (χ1n) is 10.5. The Morgan fingerprint density at radius 3 is 2.59 bits per heavy atom. The Kier molecular flexibility index (Phi) is 6.96. The maximum absolute atomic E-state index is 5.89. The van der Waals surface area contributed by atoms with E-state index in [-0.39, 0.29) is 0 Å². The van der Waals surface area contributed by atoms with Crippen molar-refractivity contribution < 1.29 is 4.74 Å². The number of rotatable bonds is 7. The summed E-state index contributed by atoms with van der Waals surface area (Å²) in [5, 5.41) is 0. The Labute approximate surface area is 179 Å². The van der Waals surface area contributed by atoms with Crippen LogP contribution in [-0.4, -0.2) is 54.9 Å². The summed E-state index contributed by atoms with van der Waals surface area (Å²) in [5.74, 6) is 2.18. The molecule has 2 aromatic carbocycles. The van der Waals surface area contributed by atoms with Crippen LogP contribution >= 0.6 is 11.8 Å². The number of ether oxygens (including phenoxy) is 1. The molecule has 0 atom stereocenters. The van der Waals surface area contributed by atoms with E-state index in [0.29, 0.717) is 6.61 Å². The smallest absolute Gasteiger partial charge is 0.127 e. The van der Waals surface area contributed by atoms with Gasteiger partial charge < -0.3 is 9.64 Å². The van der Waals surface area contributed by atoms with Gasteiger partial charge in [0.05, 0.1) is 0 Å². The van der Waals surface area contributed by atoms with Gasteiger partial charge in [-0.25, -0.2) is 0 Å². The summed E-state index contributed by atoms with van der Waals surface area (Å²) in [7, 11) is 0. The quantitative estimate of drug-likeness (QED) is 0.466. The number of para-hydroxylation sites is 1. The highest BCUT2D eigenvalue weighted by atomic mass is 32.2. The first kappa shape index (κ1) is 20.1. The predicted octanol–water partition coefficient (Wildman–Crippen LogP) is 5.17. The molecule has 29 heavy (non-hydrogen) atoms. The van der Waals surface area contributed by atoms with Crippen LogP contribution in [-0.2, 0) is 0 Å². The third kappa shape index (κ3) is 5.68. The molecule has 3 nitrogen and oxygen atoms in total.